The van der Waals surface area contributed by atoms with Crippen LogP contribution < -0.4 is 5.32 Å². The maximum atomic E-state index is 13.5. The van der Waals surface area contributed by atoms with Gasteiger partial charge in [0.1, 0.15) is 73.2 Å². The Morgan fingerprint density at radius 2 is 0.700 bits per heavy atom. The fourth-order valence-electron chi connectivity index (χ4n) is 13.0. The summed E-state index contributed by atoms with van der Waals surface area (Å²) in [7, 11) is 0. The minimum absolute atomic E-state index is 0.231. The SMILES string of the molecule is CC/C=C\C/C=C\C/C=C\C/C=C\CCCCCCCCCCCCCCCCCCCCCCC(=O)NC(COC1OC(CO)C(OC2OC(CO)C(OC3OC(CO)C(O)C(O)C3O)C(O)C2O)C(O)C1O)C(O)/C=C/CC/C=C/CC/C=C/CCCCCCCCCCCCCC. The highest BCUT2D eigenvalue weighted by molar-refractivity contribution is 5.76. The molecule has 19 nitrogen and oxygen atoms in total. The smallest absolute Gasteiger partial charge is 0.220 e. The molecule has 0 saturated carbocycles. The fourth-order valence-corrected chi connectivity index (χ4v) is 13.0. The summed E-state index contributed by atoms with van der Waals surface area (Å²) in [6, 6.07) is -1.00. The number of amides is 1. The summed E-state index contributed by atoms with van der Waals surface area (Å²) in [5.74, 6) is -0.287. The molecule has 3 rings (SSSR count). The normalized spacial score (nSPS) is 26.9. The Morgan fingerprint density at radius 3 is 1.12 bits per heavy atom. The van der Waals surface area contributed by atoms with Crippen molar-refractivity contribution in [1.82, 2.24) is 5.32 Å². The topological polar surface area (TPSA) is 307 Å². The van der Waals surface area contributed by atoms with Gasteiger partial charge in [-0.25, -0.2) is 0 Å². The molecule has 0 spiro atoms. The van der Waals surface area contributed by atoms with Gasteiger partial charge in [0.15, 0.2) is 18.9 Å². The van der Waals surface area contributed by atoms with Gasteiger partial charge in [0.05, 0.1) is 38.6 Å². The fraction of sp³-hybridized carbons (Fsp3) is 0.815. The number of unbranched alkanes of at least 4 members (excludes halogenated alkanes) is 34. The first-order valence-corrected chi connectivity index (χ1v) is 39.8. The van der Waals surface area contributed by atoms with Gasteiger partial charge in [-0.3, -0.25) is 4.79 Å². The van der Waals surface area contributed by atoms with Crippen LogP contribution in [0.4, 0.5) is 0 Å². The number of hydrogen-bond acceptors (Lipinski definition) is 18. The van der Waals surface area contributed by atoms with E-state index in [1.54, 1.807) is 6.08 Å². The minimum atomic E-state index is -1.99. The molecule has 12 N–H and O–H groups in total. The number of nitrogens with one attached hydrogen (secondary N) is 1. The monoisotopic (exact) mass is 1420 g/mol. The Labute approximate surface area is 603 Å². The summed E-state index contributed by atoms with van der Waals surface area (Å²) >= 11 is 0. The van der Waals surface area contributed by atoms with Crippen molar-refractivity contribution in [2.45, 2.75) is 394 Å². The molecule has 0 aromatic heterocycles. The average molecular weight is 1420 g/mol. The lowest BCUT2D eigenvalue weighted by atomic mass is 9.96. The number of ether oxygens (including phenoxy) is 6. The Balaban J connectivity index is 1.37. The van der Waals surface area contributed by atoms with E-state index < -0.39 is 124 Å². The highest BCUT2D eigenvalue weighted by atomic mass is 16.8. The van der Waals surface area contributed by atoms with Gasteiger partial charge in [-0.1, -0.05) is 285 Å². The van der Waals surface area contributed by atoms with Crippen LogP contribution in [0.3, 0.4) is 0 Å². The van der Waals surface area contributed by atoms with Gasteiger partial charge in [0, 0.05) is 6.42 Å². The van der Waals surface area contributed by atoms with E-state index in [0.717, 1.165) is 70.6 Å². The minimum Gasteiger partial charge on any atom is -0.394 e. The molecule has 3 aliphatic rings. The van der Waals surface area contributed by atoms with E-state index in [9.17, 15) is 61.0 Å². The molecule has 17 unspecified atom stereocenters. The number of carbonyl (C=O) groups is 1. The van der Waals surface area contributed by atoms with Crippen molar-refractivity contribution >= 4 is 5.91 Å². The summed E-state index contributed by atoms with van der Waals surface area (Å²) in [6.45, 7) is 1.62. The van der Waals surface area contributed by atoms with E-state index >= 15 is 0 Å². The Hall–Kier alpha value is -3.03. The lowest BCUT2D eigenvalue weighted by Crippen LogP contribution is -2.66. The number of hydrogen-bond donors (Lipinski definition) is 12. The van der Waals surface area contributed by atoms with Crippen molar-refractivity contribution in [3.8, 4) is 0 Å². The lowest BCUT2D eigenvalue weighted by Gasteiger charge is -2.48. The number of allylic oxidation sites excluding steroid dienone is 13. The second kappa shape index (κ2) is 61.2. The molecule has 1 amide bonds. The summed E-state index contributed by atoms with van der Waals surface area (Å²) in [4.78, 5) is 13.5. The summed E-state index contributed by atoms with van der Waals surface area (Å²) in [6.07, 6.45) is 54.3. The van der Waals surface area contributed by atoms with E-state index in [1.807, 2.05) is 6.08 Å². The number of rotatable bonds is 62. The van der Waals surface area contributed by atoms with E-state index in [-0.39, 0.29) is 18.9 Å². The van der Waals surface area contributed by atoms with Crippen molar-refractivity contribution in [2.24, 2.45) is 0 Å². The number of aliphatic hydroxyl groups is 11. The van der Waals surface area contributed by atoms with Gasteiger partial charge >= 0.3 is 0 Å². The van der Waals surface area contributed by atoms with Gasteiger partial charge in [0.25, 0.3) is 0 Å². The first-order chi connectivity index (χ1) is 48.8. The van der Waals surface area contributed by atoms with Crippen LogP contribution in [-0.2, 0) is 33.2 Å². The summed E-state index contributed by atoms with van der Waals surface area (Å²) in [5.41, 5.74) is 0. The predicted octanol–water partition coefficient (Wildman–Crippen LogP) is 13.0. The molecule has 580 valence electrons. The van der Waals surface area contributed by atoms with Crippen LogP contribution in [0.5, 0.6) is 0 Å². The highest BCUT2D eigenvalue weighted by Gasteiger charge is 2.53. The molecule has 0 bridgehead atoms. The third kappa shape index (κ3) is 41.0. The second-order valence-electron chi connectivity index (χ2n) is 28.1. The van der Waals surface area contributed by atoms with Gasteiger partial charge < -0.3 is 89.9 Å². The third-order valence-corrected chi connectivity index (χ3v) is 19.4. The van der Waals surface area contributed by atoms with Crippen molar-refractivity contribution in [3.63, 3.8) is 0 Å². The predicted molar refractivity (Wildman–Crippen MR) is 397 cm³/mol. The summed E-state index contributed by atoms with van der Waals surface area (Å²) < 4.78 is 34.4. The maximum Gasteiger partial charge on any atom is 0.220 e. The Bertz CT molecular complexity index is 2140. The highest BCUT2D eigenvalue weighted by Crippen LogP contribution is 2.33. The van der Waals surface area contributed by atoms with E-state index in [4.69, 9.17) is 28.4 Å². The first-order valence-electron chi connectivity index (χ1n) is 39.8. The van der Waals surface area contributed by atoms with Crippen LogP contribution in [0.15, 0.2) is 85.1 Å². The lowest BCUT2D eigenvalue weighted by molar-refractivity contribution is -0.379. The van der Waals surface area contributed by atoms with Crippen LogP contribution in [0.1, 0.15) is 290 Å². The number of aliphatic hydroxyl groups excluding tert-OH is 11. The largest absolute Gasteiger partial charge is 0.394 e. The molecule has 100 heavy (non-hydrogen) atoms. The molecule has 0 aliphatic carbocycles. The quantitative estimate of drug-likeness (QED) is 0.0199. The van der Waals surface area contributed by atoms with E-state index in [0.29, 0.717) is 12.8 Å². The van der Waals surface area contributed by atoms with Gasteiger partial charge in [-0.05, 0) is 83.5 Å². The van der Waals surface area contributed by atoms with Crippen molar-refractivity contribution in [2.75, 3.05) is 26.4 Å². The molecular formula is C81H143NO18. The Morgan fingerprint density at radius 1 is 0.370 bits per heavy atom. The standard InChI is InChI=1S/C81H143NO18/c1-3-5-7-9-11-13-15-17-19-21-23-25-27-28-29-30-31-32-33-34-35-36-37-39-41-43-45-47-49-51-53-55-57-59-69(87)82-64(65(86)58-56-54-52-50-48-46-44-42-40-38-26-24-22-20-18-16-14-12-10-8-6-4-2)63-95-79-75(93)72(90)77(67(61-84)97-79)100-81-76(94)73(91)78(68(62-85)98-81)99-80-74(92)71(89)70(88)66(60-83)96-80/h5,7,11,13,17,19,23,25,40,42,48,50,56,58,64-68,70-81,83-86,88-94H,3-4,6,8-10,12,14-16,18,20-22,24,26-39,41,43-47,49,51-55,57,59-63H2,1-2H3,(H,82,87)/b7-5-,13-11-,19-17-,25-23-,42-40+,50-48+,58-56+. The van der Waals surface area contributed by atoms with Crippen LogP contribution in [0.25, 0.3) is 0 Å². The van der Waals surface area contributed by atoms with E-state index in [1.165, 1.54) is 186 Å². The number of carbonyl (C=O) groups excluding carboxylic acids is 1. The van der Waals surface area contributed by atoms with Crippen LogP contribution in [-0.4, -0.2) is 193 Å². The van der Waals surface area contributed by atoms with Gasteiger partial charge in [-0.15, -0.1) is 0 Å². The zero-order valence-electron chi connectivity index (χ0n) is 61.9. The van der Waals surface area contributed by atoms with Crippen LogP contribution in [0.2, 0.25) is 0 Å². The molecule has 0 aromatic carbocycles. The van der Waals surface area contributed by atoms with Crippen molar-refractivity contribution in [3.05, 3.63) is 85.1 Å². The van der Waals surface area contributed by atoms with Crippen LogP contribution >= 0.6 is 0 Å². The molecule has 3 heterocycles. The average Bonchev–Trinajstić information content (AvgIpc) is 0.783. The zero-order valence-corrected chi connectivity index (χ0v) is 61.9. The van der Waals surface area contributed by atoms with Crippen molar-refractivity contribution < 1.29 is 89.4 Å². The summed E-state index contributed by atoms with van der Waals surface area (Å²) in [5, 5.41) is 121. The molecule has 0 aromatic rings. The van der Waals surface area contributed by atoms with E-state index in [2.05, 4.69) is 92.1 Å². The molecule has 3 aliphatic heterocycles. The second-order valence-corrected chi connectivity index (χ2v) is 28.1. The molecular weight excluding hydrogens is 1270 g/mol. The molecule has 0 radical (unpaired) electrons. The third-order valence-electron chi connectivity index (χ3n) is 19.4. The van der Waals surface area contributed by atoms with Gasteiger partial charge in [0.2, 0.25) is 5.91 Å². The molecule has 17 atom stereocenters. The zero-order chi connectivity index (χ0) is 72.5. The molecule has 3 saturated heterocycles. The van der Waals surface area contributed by atoms with Gasteiger partial charge in [-0.2, -0.15) is 0 Å². The Kier molecular flexibility index (Phi) is 55.8. The maximum absolute atomic E-state index is 13.5. The molecule has 3 fully saturated rings. The molecule has 19 heteroatoms. The van der Waals surface area contributed by atoms with Crippen molar-refractivity contribution in [1.29, 1.82) is 0 Å². The van der Waals surface area contributed by atoms with Crippen LogP contribution in [0, 0.1) is 0 Å². The first kappa shape index (κ1) is 91.2.